The maximum absolute atomic E-state index is 13.4. The van der Waals surface area contributed by atoms with Gasteiger partial charge in [-0.2, -0.15) is 0 Å². The summed E-state index contributed by atoms with van der Waals surface area (Å²) in [4.78, 5) is 2.37. The van der Waals surface area contributed by atoms with Crippen LogP contribution in [-0.2, 0) is 0 Å². The lowest BCUT2D eigenvalue weighted by Gasteiger charge is -2.28. The van der Waals surface area contributed by atoms with Crippen molar-refractivity contribution in [2.45, 2.75) is 46.1 Å². The Balaban J connectivity index is 2.26. The molecule has 1 saturated heterocycles. The van der Waals surface area contributed by atoms with E-state index in [1.807, 2.05) is 13.0 Å². The molecule has 2 rings (SSSR count). The number of anilines is 1. The normalized spacial score (nSPS) is 21.0. The molecule has 19 heavy (non-hydrogen) atoms. The average molecular weight is 264 g/mol. The van der Waals surface area contributed by atoms with Gasteiger partial charge in [-0.15, -0.1) is 0 Å². The van der Waals surface area contributed by atoms with Crippen LogP contribution in [0.4, 0.5) is 10.1 Å². The molecule has 1 fully saturated rings. The van der Waals surface area contributed by atoms with Crippen LogP contribution < -0.4 is 10.6 Å². The molecule has 0 bridgehead atoms. The van der Waals surface area contributed by atoms with Gasteiger partial charge in [0.05, 0.1) is 0 Å². The third-order valence-electron chi connectivity index (χ3n) is 4.16. The van der Waals surface area contributed by atoms with Crippen LogP contribution in [0, 0.1) is 11.2 Å². The van der Waals surface area contributed by atoms with Crippen molar-refractivity contribution < 1.29 is 4.39 Å². The van der Waals surface area contributed by atoms with Crippen molar-refractivity contribution in [3.8, 4) is 0 Å². The Bertz CT molecular complexity index is 440. The molecule has 1 aromatic rings. The van der Waals surface area contributed by atoms with Crippen LogP contribution in [0.2, 0.25) is 0 Å². The Labute approximate surface area is 115 Å². The molecule has 3 heteroatoms. The standard InChI is InChI=1S/C16H25FN2/c1-12(18)14-11-13(17)5-6-15(14)19-9-4-7-16(2,3)8-10-19/h5-6,11-12H,4,7-10,18H2,1-3H3/t12-/m0/s1. The van der Waals surface area contributed by atoms with Gasteiger partial charge in [0.25, 0.3) is 0 Å². The third kappa shape index (κ3) is 3.47. The molecule has 1 aliphatic heterocycles. The molecule has 2 nitrogen and oxygen atoms in total. The van der Waals surface area contributed by atoms with Gasteiger partial charge in [0.15, 0.2) is 0 Å². The molecule has 0 aliphatic carbocycles. The Hall–Kier alpha value is -1.09. The smallest absolute Gasteiger partial charge is 0.123 e. The van der Waals surface area contributed by atoms with Crippen molar-refractivity contribution in [3.63, 3.8) is 0 Å². The summed E-state index contributed by atoms with van der Waals surface area (Å²) in [5, 5.41) is 0. The summed E-state index contributed by atoms with van der Waals surface area (Å²) in [6, 6.07) is 4.86. The van der Waals surface area contributed by atoms with Crippen LogP contribution in [0.3, 0.4) is 0 Å². The van der Waals surface area contributed by atoms with Crippen molar-refractivity contribution in [1.29, 1.82) is 0 Å². The fraction of sp³-hybridized carbons (Fsp3) is 0.625. The minimum absolute atomic E-state index is 0.137. The Morgan fingerprint density at radius 2 is 2.00 bits per heavy atom. The van der Waals surface area contributed by atoms with E-state index >= 15 is 0 Å². The number of halogens is 1. The molecule has 2 N–H and O–H groups in total. The number of hydrogen-bond donors (Lipinski definition) is 1. The zero-order chi connectivity index (χ0) is 14.0. The fourth-order valence-electron chi connectivity index (χ4n) is 2.84. The zero-order valence-electron chi connectivity index (χ0n) is 12.2. The van der Waals surface area contributed by atoms with Crippen LogP contribution in [0.1, 0.15) is 51.6 Å². The van der Waals surface area contributed by atoms with E-state index < -0.39 is 0 Å². The van der Waals surface area contributed by atoms with Gasteiger partial charge in [0.1, 0.15) is 5.82 Å². The summed E-state index contributed by atoms with van der Waals surface area (Å²) < 4.78 is 13.4. The first-order chi connectivity index (χ1) is 8.89. The highest BCUT2D eigenvalue weighted by Gasteiger charge is 2.24. The second kappa shape index (κ2) is 5.49. The molecule has 1 heterocycles. The minimum Gasteiger partial charge on any atom is -0.371 e. The number of rotatable bonds is 2. The summed E-state index contributed by atoms with van der Waals surface area (Å²) in [5.74, 6) is -0.203. The molecule has 1 aromatic carbocycles. The van der Waals surface area contributed by atoms with E-state index in [1.54, 1.807) is 6.07 Å². The summed E-state index contributed by atoms with van der Waals surface area (Å²) >= 11 is 0. The average Bonchev–Trinajstić information content (AvgIpc) is 2.50. The summed E-state index contributed by atoms with van der Waals surface area (Å²) in [6.07, 6.45) is 3.60. The van der Waals surface area contributed by atoms with E-state index in [0.29, 0.717) is 5.41 Å². The maximum Gasteiger partial charge on any atom is 0.123 e. The van der Waals surface area contributed by atoms with Crippen molar-refractivity contribution in [2.75, 3.05) is 18.0 Å². The van der Waals surface area contributed by atoms with E-state index in [4.69, 9.17) is 5.73 Å². The van der Waals surface area contributed by atoms with Gasteiger partial charge < -0.3 is 10.6 Å². The number of nitrogens with zero attached hydrogens (tertiary/aromatic N) is 1. The van der Waals surface area contributed by atoms with Crippen LogP contribution in [-0.4, -0.2) is 13.1 Å². The van der Waals surface area contributed by atoms with Gasteiger partial charge >= 0.3 is 0 Å². The first-order valence-electron chi connectivity index (χ1n) is 7.19. The monoisotopic (exact) mass is 264 g/mol. The highest BCUT2D eigenvalue weighted by atomic mass is 19.1. The molecule has 0 saturated carbocycles. The molecule has 1 aliphatic rings. The predicted molar refractivity (Wildman–Crippen MR) is 78.8 cm³/mol. The Morgan fingerprint density at radius 3 is 2.68 bits per heavy atom. The topological polar surface area (TPSA) is 29.3 Å². The van der Waals surface area contributed by atoms with Gasteiger partial charge in [-0.3, -0.25) is 0 Å². The Morgan fingerprint density at radius 1 is 1.26 bits per heavy atom. The van der Waals surface area contributed by atoms with E-state index in [-0.39, 0.29) is 11.9 Å². The minimum atomic E-state index is -0.203. The van der Waals surface area contributed by atoms with Crippen LogP contribution >= 0.6 is 0 Å². The molecule has 0 spiro atoms. The maximum atomic E-state index is 13.4. The lowest BCUT2D eigenvalue weighted by Crippen LogP contribution is -2.27. The quantitative estimate of drug-likeness (QED) is 0.878. The molecule has 1 atom stereocenters. The highest BCUT2D eigenvalue weighted by molar-refractivity contribution is 5.55. The van der Waals surface area contributed by atoms with Gasteiger partial charge in [0.2, 0.25) is 0 Å². The van der Waals surface area contributed by atoms with E-state index in [9.17, 15) is 4.39 Å². The molecule has 0 amide bonds. The second-order valence-electron chi connectivity index (χ2n) is 6.50. The van der Waals surface area contributed by atoms with Crippen LogP contribution in [0.5, 0.6) is 0 Å². The first-order valence-corrected chi connectivity index (χ1v) is 7.19. The molecular weight excluding hydrogens is 239 g/mol. The molecule has 0 aromatic heterocycles. The number of hydrogen-bond acceptors (Lipinski definition) is 2. The van der Waals surface area contributed by atoms with E-state index in [0.717, 1.165) is 24.3 Å². The summed E-state index contributed by atoms with van der Waals surface area (Å²) in [7, 11) is 0. The Kier molecular flexibility index (Phi) is 4.14. The lowest BCUT2D eigenvalue weighted by atomic mass is 9.85. The van der Waals surface area contributed by atoms with Crippen molar-refractivity contribution in [2.24, 2.45) is 11.1 Å². The molecular formula is C16H25FN2. The number of nitrogens with two attached hydrogens (primary N) is 1. The van der Waals surface area contributed by atoms with Crippen LogP contribution in [0.25, 0.3) is 0 Å². The van der Waals surface area contributed by atoms with Gasteiger partial charge in [-0.25, -0.2) is 4.39 Å². The largest absolute Gasteiger partial charge is 0.371 e. The first kappa shape index (κ1) is 14.3. The van der Waals surface area contributed by atoms with E-state index in [2.05, 4.69) is 18.7 Å². The number of benzene rings is 1. The van der Waals surface area contributed by atoms with Crippen molar-refractivity contribution in [1.82, 2.24) is 0 Å². The SMILES string of the molecule is C[C@H](N)c1cc(F)ccc1N1CCCC(C)(C)CC1. The highest BCUT2D eigenvalue weighted by Crippen LogP contribution is 2.34. The summed E-state index contributed by atoms with van der Waals surface area (Å²) in [5.41, 5.74) is 8.42. The van der Waals surface area contributed by atoms with Gasteiger partial charge in [-0.1, -0.05) is 13.8 Å². The third-order valence-corrected chi connectivity index (χ3v) is 4.16. The van der Waals surface area contributed by atoms with E-state index in [1.165, 1.54) is 25.3 Å². The summed E-state index contributed by atoms with van der Waals surface area (Å²) in [6.45, 7) is 8.63. The lowest BCUT2D eigenvalue weighted by molar-refractivity contribution is 0.325. The molecule has 0 radical (unpaired) electrons. The van der Waals surface area contributed by atoms with Crippen molar-refractivity contribution >= 4 is 5.69 Å². The second-order valence-corrected chi connectivity index (χ2v) is 6.50. The van der Waals surface area contributed by atoms with Crippen molar-refractivity contribution in [3.05, 3.63) is 29.6 Å². The fourth-order valence-corrected chi connectivity index (χ4v) is 2.84. The van der Waals surface area contributed by atoms with Gasteiger partial charge in [-0.05, 0) is 55.4 Å². The predicted octanol–water partition coefficient (Wildman–Crippen LogP) is 3.86. The zero-order valence-corrected chi connectivity index (χ0v) is 12.2. The van der Waals surface area contributed by atoms with Gasteiger partial charge in [0, 0.05) is 24.8 Å². The molecule has 106 valence electrons. The van der Waals surface area contributed by atoms with Crippen LogP contribution in [0.15, 0.2) is 18.2 Å². The molecule has 0 unspecified atom stereocenters.